The summed E-state index contributed by atoms with van der Waals surface area (Å²) in [7, 11) is 4.47. The Morgan fingerprint density at radius 3 is 2.14 bits per heavy atom. The molecule has 1 aromatic carbocycles. The average molecular weight is 409 g/mol. The van der Waals surface area contributed by atoms with Gasteiger partial charge in [-0.1, -0.05) is 0 Å². The van der Waals surface area contributed by atoms with E-state index in [-0.39, 0.29) is 4.91 Å². The van der Waals surface area contributed by atoms with Crippen LogP contribution < -0.4 is 14.2 Å². The smallest absolute Gasteiger partial charge is 0.326 e. The SMILES string of the molecule is COc1cc(OC)c(OC)cc1C=C1SC(=O)N(CC(=O)OC(C)(C)C)C1=O. The monoisotopic (exact) mass is 409 g/mol. The molecule has 0 radical (unpaired) electrons. The number of ether oxygens (including phenoxy) is 4. The van der Waals surface area contributed by atoms with E-state index in [9.17, 15) is 14.4 Å². The maximum Gasteiger partial charge on any atom is 0.326 e. The van der Waals surface area contributed by atoms with Crippen LogP contribution in [-0.4, -0.2) is 55.5 Å². The summed E-state index contributed by atoms with van der Waals surface area (Å²) >= 11 is 0.742. The summed E-state index contributed by atoms with van der Waals surface area (Å²) in [4.78, 5) is 37.8. The number of esters is 1. The summed E-state index contributed by atoms with van der Waals surface area (Å²) in [5.74, 6) is 0.131. The molecule has 1 aliphatic heterocycles. The molecule has 1 saturated heterocycles. The minimum atomic E-state index is -0.707. The summed E-state index contributed by atoms with van der Waals surface area (Å²) in [6, 6.07) is 3.26. The van der Waals surface area contributed by atoms with Gasteiger partial charge in [0.15, 0.2) is 11.5 Å². The van der Waals surface area contributed by atoms with E-state index in [1.165, 1.54) is 27.4 Å². The van der Waals surface area contributed by atoms with Gasteiger partial charge in [-0.3, -0.25) is 19.3 Å². The normalized spacial score (nSPS) is 15.8. The third kappa shape index (κ3) is 4.98. The largest absolute Gasteiger partial charge is 0.496 e. The molecule has 1 aliphatic rings. The average Bonchev–Trinajstić information content (AvgIpc) is 2.87. The quantitative estimate of drug-likeness (QED) is 0.523. The molecule has 9 heteroatoms. The molecule has 1 heterocycles. The van der Waals surface area contributed by atoms with Crippen LogP contribution in [0.5, 0.6) is 17.2 Å². The molecule has 0 bridgehead atoms. The number of carbonyl (C=O) groups is 3. The zero-order valence-electron chi connectivity index (χ0n) is 16.7. The second kappa shape index (κ2) is 8.55. The lowest BCUT2D eigenvalue weighted by Gasteiger charge is -2.21. The van der Waals surface area contributed by atoms with E-state index in [1.54, 1.807) is 32.9 Å². The van der Waals surface area contributed by atoms with E-state index >= 15 is 0 Å². The Hall–Kier alpha value is -2.68. The topological polar surface area (TPSA) is 91.4 Å². The zero-order valence-corrected chi connectivity index (χ0v) is 17.5. The third-order valence-electron chi connectivity index (χ3n) is 3.60. The number of amides is 2. The van der Waals surface area contributed by atoms with Gasteiger partial charge in [-0.25, -0.2) is 0 Å². The Balaban J connectivity index is 2.29. The number of rotatable bonds is 6. The van der Waals surface area contributed by atoms with Crippen molar-refractivity contribution in [1.29, 1.82) is 0 Å². The lowest BCUT2D eigenvalue weighted by Crippen LogP contribution is -2.37. The zero-order chi connectivity index (χ0) is 21.1. The number of benzene rings is 1. The van der Waals surface area contributed by atoms with Crippen molar-refractivity contribution in [3.63, 3.8) is 0 Å². The van der Waals surface area contributed by atoms with Crippen LogP contribution in [0.15, 0.2) is 17.0 Å². The predicted octanol–water partition coefficient (Wildman–Crippen LogP) is 3.09. The highest BCUT2D eigenvalue weighted by molar-refractivity contribution is 8.18. The standard InChI is InChI=1S/C19H23NO7S/c1-19(2,3)27-16(21)10-20-17(22)15(28-18(20)23)8-11-7-13(25-5)14(26-6)9-12(11)24-4/h7-9H,10H2,1-6H3. The molecule has 0 aliphatic carbocycles. The van der Waals surface area contributed by atoms with Crippen molar-refractivity contribution in [2.24, 2.45) is 0 Å². The number of carbonyl (C=O) groups excluding carboxylic acids is 3. The minimum absolute atomic E-state index is 0.166. The van der Waals surface area contributed by atoms with Crippen molar-refractivity contribution in [2.75, 3.05) is 27.9 Å². The fraction of sp³-hybridized carbons (Fsp3) is 0.421. The summed E-state index contributed by atoms with van der Waals surface area (Å²) in [5.41, 5.74) is -0.176. The van der Waals surface area contributed by atoms with Crippen molar-refractivity contribution in [3.8, 4) is 17.2 Å². The van der Waals surface area contributed by atoms with Gasteiger partial charge >= 0.3 is 5.97 Å². The lowest BCUT2D eigenvalue weighted by atomic mass is 10.1. The van der Waals surface area contributed by atoms with Gasteiger partial charge in [0.1, 0.15) is 17.9 Å². The maximum absolute atomic E-state index is 12.6. The highest BCUT2D eigenvalue weighted by Gasteiger charge is 2.37. The fourth-order valence-electron chi connectivity index (χ4n) is 2.45. The Labute approximate surface area is 167 Å². The van der Waals surface area contributed by atoms with Crippen molar-refractivity contribution in [2.45, 2.75) is 26.4 Å². The predicted molar refractivity (Wildman–Crippen MR) is 105 cm³/mol. The molecule has 28 heavy (non-hydrogen) atoms. The molecular weight excluding hydrogens is 386 g/mol. The molecule has 0 atom stereocenters. The molecule has 0 spiro atoms. The molecule has 1 aromatic rings. The summed E-state index contributed by atoms with van der Waals surface area (Å²) < 4.78 is 21.0. The first-order valence-electron chi connectivity index (χ1n) is 8.37. The van der Waals surface area contributed by atoms with Crippen LogP contribution in [0.2, 0.25) is 0 Å². The first-order chi connectivity index (χ1) is 13.1. The Kier molecular flexibility index (Phi) is 6.60. The van der Waals surface area contributed by atoms with Crippen LogP contribution in [0.4, 0.5) is 4.79 Å². The number of imide groups is 1. The first-order valence-corrected chi connectivity index (χ1v) is 9.18. The number of hydrogen-bond acceptors (Lipinski definition) is 8. The van der Waals surface area contributed by atoms with Gasteiger partial charge in [0.05, 0.1) is 26.2 Å². The number of nitrogens with zero attached hydrogens (tertiary/aromatic N) is 1. The van der Waals surface area contributed by atoms with Crippen LogP contribution >= 0.6 is 11.8 Å². The maximum atomic E-state index is 12.6. The van der Waals surface area contributed by atoms with Crippen LogP contribution in [-0.2, 0) is 14.3 Å². The van der Waals surface area contributed by atoms with Gasteiger partial charge in [0, 0.05) is 11.6 Å². The van der Waals surface area contributed by atoms with Gasteiger partial charge in [0.2, 0.25) is 0 Å². The van der Waals surface area contributed by atoms with Gasteiger partial charge in [-0.15, -0.1) is 0 Å². The first kappa shape index (κ1) is 21.6. The van der Waals surface area contributed by atoms with Gasteiger partial charge in [0.25, 0.3) is 11.1 Å². The molecule has 0 unspecified atom stereocenters. The van der Waals surface area contributed by atoms with E-state index in [4.69, 9.17) is 18.9 Å². The molecule has 8 nitrogen and oxygen atoms in total. The van der Waals surface area contributed by atoms with Crippen molar-refractivity contribution in [3.05, 3.63) is 22.6 Å². The number of thioether (sulfide) groups is 1. The van der Waals surface area contributed by atoms with Crippen molar-refractivity contribution >= 4 is 35.0 Å². The molecular formula is C19H23NO7S. The molecule has 0 N–H and O–H groups in total. The van der Waals surface area contributed by atoms with Crippen LogP contribution in [0.1, 0.15) is 26.3 Å². The number of hydrogen-bond donors (Lipinski definition) is 0. The molecule has 2 rings (SSSR count). The summed E-state index contributed by atoms with van der Waals surface area (Å²) in [6.07, 6.45) is 1.51. The van der Waals surface area contributed by atoms with Crippen molar-refractivity contribution in [1.82, 2.24) is 4.90 Å². The Morgan fingerprint density at radius 2 is 1.61 bits per heavy atom. The molecule has 0 saturated carbocycles. The molecule has 152 valence electrons. The van der Waals surface area contributed by atoms with E-state index in [2.05, 4.69) is 0 Å². The Morgan fingerprint density at radius 1 is 1.04 bits per heavy atom. The summed E-state index contributed by atoms with van der Waals surface area (Å²) in [5, 5.41) is -0.540. The summed E-state index contributed by atoms with van der Waals surface area (Å²) in [6.45, 7) is 4.69. The van der Waals surface area contributed by atoms with E-state index in [0.29, 0.717) is 22.8 Å². The second-order valence-electron chi connectivity index (χ2n) is 6.80. The Bertz CT molecular complexity index is 826. The third-order valence-corrected chi connectivity index (χ3v) is 4.51. The van der Waals surface area contributed by atoms with E-state index in [0.717, 1.165) is 16.7 Å². The number of methoxy groups -OCH3 is 3. The van der Waals surface area contributed by atoms with Crippen LogP contribution in [0.25, 0.3) is 6.08 Å². The highest BCUT2D eigenvalue weighted by atomic mass is 32.2. The van der Waals surface area contributed by atoms with Gasteiger partial charge in [-0.05, 0) is 44.7 Å². The van der Waals surface area contributed by atoms with E-state index < -0.39 is 29.3 Å². The lowest BCUT2D eigenvalue weighted by molar-refractivity contribution is -0.156. The van der Waals surface area contributed by atoms with Crippen molar-refractivity contribution < 1.29 is 33.3 Å². The van der Waals surface area contributed by atoms with Gasteiger partial charge in [-0.2, -0.15) is 0 Å². The molecule has 1 fully saturated rings. The minimum Gasteiger partial charge on any atom is -0.496 e. The van der Waals surface area contributed by atoms with E-state index in [1.807, 2.05) is 0 Å². The highest BCUT2D eigenvalue weighted by Crippen LogP contribution is 2.38. The molecule has 2 amide bonds. The van der Waals surface area contributed by atoms with Crippen LogP contribution in [0, 0.1) is 0 Å². The second-order valence-corrected chi connectivity index (χ2v) is 7.80. The fourth-order valence-corrected chi connectivity index (χ4v) is 3.28. The van der Waals surface area contributed by atoms with Gasteiger partial charge < -0.3 is 18.9 Å². The molecule has 0 aromatic heterocycles. The van der Waals surface area contributed by atoms with Crippen LogP contribution in [0.3, 0.4) is 0 Å².